The molecule has 0 spiro atoms. The van der Waals surface area contributed by atoms with Gasteiger partial charge in [-0.1, -0.05) is 12.2 Å². The van der Waals surface area contributed by atoms with Gasteiger partial charge in [-0.3, -0.25) is 4.79 Å². The summed E-state index contributed by atoms with van der Waals surface area (Å²) in [5.41, 5.74) is 5.55. The Balaban J connectivity index is 3.57. The summed E-state index contributed by atoms with van der Waals surface area (Å²) in [6, 6.07) is -0.270. The van der Waals surface area contributed by atoms with E-state index in [2.05, 4.69) is 4.74 Å². The minimum atomic E-state index is -0.525. The van der Waals surface area contributed by atoms with Crippen molar-refractivity contribution in [3.63, 3.8) is 0 Å². The van der Waals surface area contributed by atoms with Crippen molar-refractivity contribution in [1.82, 2.24) is 0 Å². The molecule has 0 radical (unpaired) electrons. The van der Waals surface area contributed by atoms with E-state index in [1.165, 1.54) is 7.11 Å². The van der Waals surface area contributed by atoms with Crippen LogP contribution in [-0.2, 0) is 9.53 Å². The third-order valence-electron chi connectivity index (χ3n) is 1.71. The lowest BCUT2D eigenvalue weighted by Crippen LogP contribution is -2.31. The molecule has 0 aromatic heterocycles. The Kier molecular flexibility index (Phi) is 6.18. The number of hydrogen-bond donors (Lipinski definition) is 2. The Labute approximate surface area is 78.4 Å². The van der Waals surface area contributed by atoms with Gasteiger partial charge in [-0.25, -0.2) is 0 Å². The molecule has 0 amide bonds. The van der Waals surface area contributed by atoms with Crippen molar-refractivity contribution in [2.75, 3.05) is 7.11 Å². The normalized spacial score (nSPS) is 15.7. The van der Waals surface area contributed by atoms with Crippen LogP contribution >= 0.6 is 0 Å². The maximum atomic E-state index is 10.6. The van der Waals surface area contributed by atoms with Crippen LogP contribution in [0.4, 0.5) is 0 Å². The maximum absolute atomic E-state index is 10.6. The standard InChI is InChI=1S/C9H17NO3/c1-7(11)8(10)5-3-4-6-9(12)13-2/h3-4,7-8,11H,5-6,10H2,1-2H3/b4-3+. The number of aliphatic hydroxyl groups is 1. The van der Waals surface area contributed by atoms with Crippen LogP contribution in [-0.4, -0.2) is 30.3 Å². The van der Waals surface area contributed by atoms with E-state index in [9.17, 15) is 4.79 Å². The third kappa shape index (κ3) is 6.31. The van der Waals surface area contributed by atoms with Crippen LogP contribution in [0.1, 0.15) is 19.8 Å². The van der Waals surface area contributed by atoms with Crippen LogP contribution < -0.4 is 5.73 Å². The zero-order valence-electron chi connectivity index (χ0n) is 8.06. The van der Waals surface area contributed by atoms with Crippen LogP contribution in [0.15, 0.2) is 12.2 Å². The summed E-state index contributed by atoms with van der Waals surface area (Å²) < 4.78 is 4.43. The average molecular weight is 187 g/mol. The van der Waals surface area contributed by atoms with Crippen molar-refractivity contribution >= 4 is 5.97 Å². The zero-order chi connectivity index (χ0) is 10.3. The average Bonchev–Trinajstić information content (AvgIpc) is 2.11. The summed E-state index contributed by atoms with van der Waals surface area (Å²) >= 11 is 0. The quantitative estimate of drug-likeness (QED) is 0.476. The van der Waals surface area contributed by atoms with Gasteiger partial charge in [0, 0.05) is 6.04 Å². The number of nitrogens with two attached hydrogens (primary N) is 1. The Morgan fingerprint density at radius 1 is 1.62 bits per heavy atom. The van der Waals surface area contributed by atoms with Crippen molar-refractivity contribution in [3.05, 3.63) is 12.2 Å². The molecule has 0 aromatic carbocycles. The second-order valence-electron chi connectivity index (χ2n) is 2.89. The summed E-state index contributed by atoms with van der Waals surface area (Å²) in [6.45, 7) is 1.64. The number of hydrogen-bond acceptors (Lipinski definition) is 4. The van der Waals surface area contributed by atoms with Crippen LogP contribution in [0.2, 0.25) is 0 Å². The number of carbonyl (C=O) groups is 1. The molecule has 0 bridgehead atoms. The van der Waals surface area contributed by atoms with Gasteiger partial charge in [0.05, 0.1) is 19.6 Å². The van der Waals surface area contributed by atoms with Crippen molar-refractivity contribution in [2.45, 2.75) is 31.9 Å². The highest BCUT2D eigenvalue weighted by Crippen LogP contribution is 1.97. The first-order chi connectivity index (χ1) is 6.07. The molecule has 0 aromatic rings. The van der Waals surface area contributed by atoms with E-state index in [0.29, 0.717) is 6.42 Å². The largest absolute Gasteiger partial charge is 0.469 e. The number of esters is 1. The zero-order valence-corrected chi connectivity index (χ0v) is 8.06. The van der Waals surface area contributed by atoms with Gasteiger partial charge in [0.15, 0.2) is 0 Å². The monoisotopic (exact) mass is 187 g/mol. The smallest absolute Gasteiger partial charge is 0.309 e. The number of methoxy groups -OCH3 is 1. The highest BCUT2D eigenvalue weighted by Gasteiger charge is 2.05. The summed E-state index contributed by atoms with van der Waals surface area (Å²) in [5.74, 6) is -0.276. The lowest BCUT2D eigenvalue weighted by Gasteiger charge is -2.11. The highest BCUT2D eigenvalue weighted by atomic mass is 16.5. The molecule has 0 aliphatic heterocycles. The van der Waals surface area contributed by atoms with Crippen LogP contribution in [0.25, 0.3) is 0 Å². The number of ether oxygens (including phenoxy) is 1. The fourth-order valence-electron chi connectivity index (χ4n) is 0.713. The fourth-order valence-corrected chi connectivity index (χ4v) is 0.713. The predicted molar refractivity (Wildman–Crippen MR) is 50.0 cm³/mol. The Morgan fingerprint density at radius 2 is 2.23 bits per heavy atom. The molecule has 2 atom stereocenters. The molecule has 4 nitrogen and oxygen atoms in total. The van der Waals surface area contributed by atoms with Gasteiger partial charge in [0.25, 0.3) is 0 Å². The van der Waals surface area contributed by atoms with Gasteiger partial charge in [-0.2, -0.15) is 0 Å². The van der Waals surface area contributed by atoms with Crippen LogP contribution in [0.5, 0.6) is 0 Å². The molecule has 0 heterocycles. The number of carbonyl (C=O) groups excluding carboxylic acids is 1. The Morgan fingerprint density at radius 3 is 2.69 bits per heavy atom. The lowest BCUT2D eigenvalue weighted by atomic mass is 10.1. The van der Waals surface area contributed by atoms with E-state index in [1.807, 2.05) is 0 Å². The summed E-state index contributed by atoms with van der Waals surface area (Å²) in [5, 5.41) is 9.03. The van der Waals surface area contributed by atoms with Gasteiger partial charge >= 0.3 is 5.97 Å². The molecule has 0 fully saturated rings. The van der Waals surface area contributed by atoms with Crippen molar-refractivity contribution in [3.8, 4) is 0 Å². The van der Waals surface area contributed by atoms with Crippen LogP contribution in [0, 0.1) is 0 Å². The molecule has 3 N–H and O–H groups in total. The summed E-state index contributed by atoms with van der Waals surface area (Å²) in [7, 11) is 1.34. The number of aliphatic hydroxyl groups excluding tert-OH is 1. The first-order valence-corrected chi connectivity index (χ1v) is 4.23. The molecule has 76 valence electrons. The topological polar surface area (TPSA) is 72.5 Å². The maximum Gasteiger partial charge on any atom is 0.309 e. The van der Waals surface area contributed by atoms with Crippen molar-refractivity contribution in [2.24, 2.45) is 5.73 Å². The first-order valence-electron chi connectivity index (χ1n) is 4.23. The summed E-state index contributed by atoms with van der Waals surface area (Å²) in [6.07, 6.45) is 3.75. The molecule has 0 saturated heterocycles. The second-order valence-corrected chi connectivity index (χ2v) is 2.89. The Bertz CT molecular complexity index is 178. The first kappa shape index (κ1) is 12.1. The molecule has 0 rings (SSSR count). The van der Waals surface area contributed by atoms with E-state index in [4.69, 9.17) is 10.8 Å². The van der Waals surface area contributed by atoms with E-state index in [1.54, 1.807) is 19.1 Å². The van der Waals surface area contributed by atoms with Gasteiger partial charge in [-0.15, -0.1) is 0 Å². The lowest BCUT2D eigenvalue weighted by molar-refractivity contribution is -0.139. The molecular weight excluding hydrogens is 170 g/mol. The number of rotatable bonds is 5. The van der Waals surface area contributed by atoms with E-state index >= 15 is 0 Å². The molecule has 0 aliphatic rings. The molecule has 4 heteroatoms. The summed E-state index contributed by atoms with van der Waals surface area (Å²) in [4.78, 5) is 10.6. The van der Waals surface area contributed by atoms with E-state index < -0.39 is 6.10 Å². The van der Waals surface area contributed by atoms with Crippen LogP contribution in [0.3, 0.4) is 0 Å². The minimum Gasteiger partial charge on any atom is -0.469 e. The minimum absolute atomic E-state index is 0.253. The van der Waals surface area contributed by atoms with Gasteiger partial charge in [0.2, 0.25) is 0 Å². The third-order valence-corrected chi connectivity index (χ3v) is 1.71. The van der Waals surface area contributed by atoms with Crippen molar-refractivity contribution < 1.29 is 14.6 Å². The van der Waals surface area contributed by atoms with Gasteiger partial charge < -0.3 is 15.6 Å². The van der Waals surface area contributed by atoms with Crippen molar-refractivity contribution in [1.29, 1.82) is 0 Å². The predicted octanol–water partition coefficient (Wildman–Crippen LogP) is 0.204. The molecule has 2 unspecified atom stereocenters. The van der Waals surface area contributed by atoms with Gasteiger partial charge in [0.1, 0.15) is 0 Å². The SMILES string of the molecule is COC(=O)C/C=C/CC(N)C(C)O. The molecule has 0 aliphatic carbocycles. The second kappa shape index (κ2) is 6.62. The van der Waals surface area contributed by atoms with Gasteiger partial charge in [-0.05, 0) is 13.3 Å². The van der Waals surface area contributed by atoms with E-state index in [-0.39, 0.29) is 18.4 Å². The highest BCUT2D eigenvalue weighted by molar-refractivity contribution is 5.70. The molecular formula is C9H17NO3. The van der Waals surface area contributed by atoms with E-state index in [0.717, 1.165) is 0 Å². The Hall–Kier alpha value is -0.870. The fraction of sp³-hybridized carbons (Fsp3) is 0.667. The molecule has 13 heavy (non-hydrogen) atoms. The molecule has 0 saturated carbocycles.